The van der Waals surface area contributed by atoms with E-state index in [9.17, 15) is 0 Å². The molecule has 0 amide bonds. The van der Waals surface area contributed by atoms with Crippen LogP contribution in [0.4, 0.5) is 0 Å². The lowest BCUT2D eigenvalue weighted by atomic mass is 10.3. The van der Waals surface area contributed by atoms with Crippen LogP contribution in [-0.2, 0) is 0 Å². The molecular weight excluding hydrogens is 227 g/mol. The molecule has 0 unspecified atom stereocenters. The molecule has 0 aromatic heterocycles. The third-order valence-corrected chi connectivity index (χ3v) is 5.99. The Balaban J connectivity index is 2.94. The molecule has 1 rings (SSSR count). The van der Waals surface area contributed by atoms with Crippen LogP contribution in [0, 0.1) is 11.8 Å². The van der Waals surface area contributed by atoms with Crippen molar-refractivity contribution in [3.05, 3.63) is 24.3 Å². The zero-order chi connectivity index (χ0) is 12.8. The number of methoxy groups -OCH3 is 1. The number of ether oxygens (including phenoxy) is 1. The maximum atomic E-state index is 5.51. The SMILES string of the molecule is COc1ccccc1P(CC(C)C)CC(C)C. The summed E-state index contributed by atoms with van der Waals surface area (Å²) in [7, 11) is 1.69. The molecule has 0 heterocycles. The molecule has 0 aliphatic rings. The maximum absolute atomic E-state index is 5.51. The van der Waals surface area contributed by atoms with Gasteiger partial charge in [0, 0.05) is 5.30 Å². The minimum atomic E-state index is -0.0863. The largest absolute Gasteiger partial charge is 0.496 e. The van der Waals surface area contributed by atoms with Crippen LogP contribution in [0.1, 0.15) is 27.7 Å². The van der Waals surface area contributed by atoms with Gasteiger partial charge >= 0.3 is 0 Å². The first-order valence-corrected chi connectivity index (χ1v) is 8.13. The van der Waals surface area contributed by atoms with E-state index in [1.54, 1.807) is 7.11 Å². The Morgan fingerprint density at radius 1 is 1.00 bits per heavy atom. The minimum absolute atomic E-state index is 0.0863. The molecule has 0 saturated carbocycles. The minimum Gasteiger partial charge on any atom is -0.496 e. The average molecular weight is 252 g/mol. The van der Waals surface area contributed by atoms with Gasteiger partial charge in [-0.1, -0.05) is 53.8 Å². The van der Waals surface area contributed by atoms with Gasteiger partial charge in [0.05, 0.1) is 7.11 Å². The van der Waals surface area contributed by atoms with Crippen molar-refractivity contribution in [2.45, 2.75) is 27.7 Å². The number of rotatable bonds is 6. The van der Waals surface area contributed by atoms with Crippen molar-refractivity contribution in [3.8, 4) is 5.75 Å². The average Bonchev–Trinajstić information content (AvgIpc) is 2.27. The Hall–Kier alpha value is -0.550. The lowest BCUT2D eigenvalue weighted by Crippen LogP contribution is -2.14. The molecule has 0 saturated heterocycles. The molecule has 1 aromatic rings. The fourth-order valence-corrected chi connectivity index (χ4v) is 5.12. The highest BCUT2D eigenvalue weighted by molar-refractivity contribution is 7.65. The lowest BCUT2D eigenvalue weighted by Gasteiger charge is -2.23. The van der Waals surface area contributed by atoms with Crippen LogP contribution < -0.4 is 10.0 Å². The maximum Gasteiger partial charge on any atom is 0.126 e. The molecule has 0 N–H and O–H groups in total. The summed E-state index contributed by atoms with van der Waals surface area (Å²) in [4.78, 5) is 0. The Labute approximate surface area is 107 Å². The van der Waals surface area contributed by atoms with E-state index in [2.05, 4.69) is 52.0 Å². The van der Waals surface area contributed by atoms with Crippen molar-refractivity contribution in [3.63, 3.8) is 0 Å². The predicted octanol–water partition coefficient (Wildman–Crippen LogP) is 4.11. The van der Waals surface area contributed by atoms with Gasteiger partial charge in [0.2, 0.25) is 0 Å². The van der Waals surface area contributed by atoms with Crippen molar-refractivity contribution in [1.82, 2.24) is 0 Å². The van der Waals surface area contributed by atoms with E-state index in [1.807, 2.05) is 0 Å². The van der Waals surface area contributed by atoms with Gasteiger partial charge in [0.1, 0.15) is 5.75 Å². The Kier molecular flexibility index (Phi) is 5.98. The fourth-order valence-electron chi connectivity index (χ4n) is 2.04. The molecule has 0 aliphatic heterocycles. The third-order valence-electron chi connectivity index (χ3n) is 2.60. The molecule has 0 fully saturated rings. The van der Waals surface area contributed by atoms with Gasteiger partial charge in [-0.2, -0.15) is 0 Å². The summed E-state index contributed by atoms with van der Waals surface area (Å²) in [6, 6.07) is 8.52. The van der Waals surface area contributed by atoms with Crippen LogP contribution in [0.5, 0.6) is 5.75 Å². The zero-order valence-electron chi connectivity index (χ0n) is 11.7. The van der Waals surface area contributed by atoms with Crippen LogP contribution in [0.25, 0.3) is 0 Å². The Morgan fingerprint density at radius 2 is 1.53 bits per heavy atom. The first-order valence-electron chi connectivity index (χ1n) is 6.42. The molecule has 17 heavy (non-hydrogen) atoms. The van der Waals surface area contributed by atoms with Crippen molar-refractivity contribution in [2.24, 2.45) is 11.8 Å². The van der Waals surface area contributed by atoms with Gasteiger partial charge in [0.25, 0.3) is 0 Å². The molecule has 96 valence electrons. The molecule has 0 aliphatic carbocycles. The highest BCUT2D eigenvalue weighted by Crippen LogP contribution is 2.41. The smallest absolute Gasteiger partial charge is 0.126 e. The van der Waals surface area contributed by atoms with E-state index in [4.69, 9.17) is 4.74 Å². The summed E-state index contributed by atoms with van der Waals surface area (Å²) in [6.07, 6.45) is 2.60. The molecule has 1 nitrogen and oxygen atoms in total. The molecule has 0 bridgehead atoms. The zero-order valence-corrected chi connectivity index (χ0v) is 12.6. The van der Waals surface area contributed by atoms with Gasteiger partial charge in [-0.05, 0) is 30.2 Å². The second kappa shape index (κ2) is 7.01. The summed E-state index contributed by atoms with van der Waals surface area (Å²) in [6.45, 7) is 9.24. The van der Waals surface area contributed by atoms with Gasteiger partial charge in [0.15, 0.2) is 0 Å². The monoisotopic (exact) mass is 252 g/mol. The second-order valence-electron chi connectivity index (χ2n) is 5.36. The second-order valence-corrected chi connectivity index (χ2v) is 7.66. The van der Waals surface area contributed by atoms with Crippen LogP contribution in [0.3, 0.4) is 0 Å². The predicted molar refractivity (Wildman–Crippen MR) is 79.0 cm³/mol. The van der Waals surface area contributed by atoms with Gasteiger partial charge in [-0.3, -0.25) is 0 Å². The Morgan fingerprint density at radius 3 is 2.00 bits per heavy atom. The summed E-state index contributed by atoms with van der Waals surface area (Å²) in [5, 5.41) is 1.44. The first kappa shape index (κ1) is 14.5. The van der Waals surface area contributed by atoms with Crippen LogP contribution in [-0.4, -0.2) is 19.4 Å². The highest BCUT2D eigenvalue weighted by Gasteiger charge is 2.17. The summed E-state index contributed by atoms with van der Waals surface area (Å²) in [5.74, 6) is 2.58. The van der Waals surface area contributed by atoms with E-state index in [0.29, 0.717) is 0 Å². The normalized spacial score (nSPS) is 11.5. The highest BCUT2D eigenvalue weighted by atomic mass is 31.1. The van der Waals surface area contributed by atoms with Crippen LogP contribution in [0.15, 0.2) is 24.3 Å². The standard InChI is InChI=1S/C15H25OP/c1-12(2)10-17(11-13(3)4)15-9-7-6-8-14(15)16-5/h6-9,12-13H,10-11H2,1-5H3. The van der Waals surface area contributed by atoms with E-state index in [1.165, 1.54) is 17.6 Å². The molecule has 0 atom stereocenters. The fraction of sp³-hybridized carbons (Fsp3) is 0.600. The van der Waals surface area contributed by atoms with E-state index in [0.717, 1.165) is 17.6 Å². The van der Waals surface area contributed by atoms with Crippen LogP contribution >= 0.6 is 7.92 Å². The van der Waals surface area contributed by atoms with Gasteiger partial charge in [-0.15, -0.1) is 0 Å². The molecule has 1 aromatic carbocycles. The van der Waals surface area contributed by atoms with Crippen molar-refractivity contribution in [1.29, 1.82) is 0 Å². The summed E-state index contributed by atoms with van der Waals surface area (Å²) < 4.78 is 5.51. The Bertz CT molecular complexity index is 323. The molecule has 2 heteroatoms. The van der Waals surface area contributed by atoms with E-state index in [-0.39, 0.29) is 7.92 Å². The number of para-hydroxylation sites is 1. The lowest BCUT2D eigenvalue weighted by molar-refractivity contribution is 0.418. The van der Waals surface area contributed by atoms with E-state index < -0.39 is 0 Å². The number of benzene rings is 1. The number of hydrogen-bond donors (Lipinski definition) is 0. The van der Waals surface area contributed by atoms with Gasteiger partial charge in [-0.25, -0.2) is 0 Å². The third kappa shape index (κ3) is 4.68. The quantitative estimate of drug-likeness (QED) is 0.692. The first-order chi connectivity index (χ1) is 8.04. The van der Waals surface area contributed by atoms with Crippen LogP contribution in [0.2, 0.25) is 0 Å². The molecular formula is C15H25OP. The summed E-state index contributed by atoms with van der Waals surface area (Å²) in [5.41, 5.74) is 0. The van der Waals surface area contributed by atoms with Crippen molar-refractivity contribution in [2.75, 3.05) is 19.4 Å². The van der Waals surface area contributed by atoms with Gasteiger partial charge < -0.3 is 4.74 Å². The summed E-state index contributed by atoms with van der Waals surface area (Å²) >= 11 is 0. The number of hydrogen-bond acceptors (Lipinski definition) is 1. The van der Waals surface area contributed by atoms with E-state index >= 15 is 0 Å². The van der Waals surface area contributed by atoms with Crippen molar-refractivity contribution < 1.29 is 4.74 Å². The van der Waals surface area contributed by atoms with Crippen molar-refractivity contribution >= 4 is 13.2 Å². The molecule has 0 spiro atoms. The topological polar surface area (TPSA) is 9.23 Å². The molecule has 0 radical (unpaired) electrons.